The number of aryl methyl sites for hydroxylation is 1. The highest BCUT2D eigenvalue weighted by Crippen LogP contribution is 2.36. The van der Waals surface area contributed by atoms with Gasteiger partial charge in [-0.1, -0.05) is 24.5 Å². The fourth-order valence-corrected chi connectivity index (χ4v) is 4.23. The van der Waals surface area contributed by atoms with Crippen molar-refractivity contribution in [3.8, 4) is 0 Å². The van der Waals surface area contributed by atoms with Crippen LogP contribution in [0.25, 0.3) is 0 Å². The van der Waals surface area contributed by atoms with E-state index >= 15 is 0 Å². The van der Waals surface area contributed by atoms with E-state index in [0.717, 1.165) is 16.0 Å². The first-order valence-electron chi connectivity index (χ1n) is 7.85. The summed E-state index contributed by atoms with van der Waals surface area (Å²) in [6.45, 7) is 4.34. The highest BCUT2D eigenvalue weighted by Gasteiger charge is 2.20. The van der Waals surface area contributed by atoms with Crippen molar-refractivity contribution in [3.05, 3.63) is 29.3 Å². The third kappa shape index (κ3) is 4.85. The molecular weight excluding hydrogens is 314 g/mol. The molecule has 1 aliphatic rings. The Balaban J connectivity index is 2.08. The minimum Gasteiger partial charge on any atom is -0.351 e. The zero-order chi connectivity index (χ0) is 16.1. The van der Waals surface area contributed by atoms with Crippen LogP contribution < -0.4 is 5.32 Å². The van der Waals surface area contributed by atoms with Gasteiger partial charge in [-0.25, -0.2) is 0 Å². The molecule has 1 fully saturated rings. The van der Waals surface area contributed by atoms with Crippen LogP contribution in [0, 0.1) is 6.92 Å². The van der Waals surface area contributed by atoms with Crippen LogP contribution in [0.3, 0.4) is 0 Å². The zero-order valence-corrected chi connectivity index (χ0v) is 15.2. The predicted octanol–water partition coefficient (Wildman–Crippen LogP) is 3.53. The second kappa shape index (κ2) is 8.16. The maximum absolute atomic E-state index is 12.5. The van der Waals surface area contributed by atoms with Gasteiger partial charge in [0.1, 0.15) is 0 Å². The van der Waals surface area contributed by atoms with Crippen LogP contribution in [0.15, 0.2) is 23.1 Å². The molecule has 0 saturated heterocycles. The molecule has 22 heavy (non-hydrogen) atoms. The summed E-state index contributed by atoms with van der Waals surface area (Å²) >= 11 is 1.83. The molecule has 0 heterocycles. The molecule has 1 N–H and O–H groups in total. The largest absolute Gasteiger partial charge is 0.351 e. The Bertz CT molecular complexity index is 554. The van der Waals surface area contributed by atoms with Gasteiger partial charge in [-0.2, -0.15) is 0 Å². The monoisotopic (exact) mass is 339 g/mol. The van der Waals surface area contributed by atoms with Crippen LogP contribution in [0.4, 0.5) is 0 Å². The van der Waals surface area contributed by atoms with E-state index in [4.69, 9.17) is 0 Å². The molecule has 5 heteroatoms. The second-order valence-corrected chi connectivity index (χ2v) is 9.19. The Morgan fingerprint density at radius 3 is 2.73 bits per heavy atom. The molecule has 0 unspecified atom stereocenters. The van der Waals surface area contributed by atoms with E-state index in [0.29, 0.717) is 11.8 Å². The topological polar surface area (TPSA) is 46.2 Å². The zero-order valence-electron chi connectivity index (χ0n) is 13.6. The molecular formula is C17H25NO2S2. The van der Waals surface area contributed by atoms with Crippen molar-refractivity contribution in [2.75, 3.05) is 12.8 Å². The summed E-state index contributed by atoms with van der Waals surface area (Å²) < 4.78 is 11.4. The minimum absolute atomic E-state index is 0.0281. The number of nitrogens with one attached hydrogen (secondary N) is 1. The van der Waals surface area contributed by atoms with Gasteiger partial charge < -0.3 is 5.32 Å². The fraction of sp³-hybridized carbons (Fsp3) is 0.588. The van der Waals surface area contributed by atoms with E-state index in [1.807, 2.05) is 31.7 Å². The lowest BCUT2D eigenvalue weighted by Crippen LogP contribution is -2.32. The number of carbonyl (C=O) groups excluding carboxylic acids is 1. The molecule has 0 aromatic heterocycles. The summed E-state index contributed by atoms with van der Waals surface area (Å²) in [6.07, 6.45) is 6.75. The van der Waals surface area contributed by atoms with E-state index in [1.54, 1.807) is 6.26 Å². The SMILES string of the molecule is Cc1ccc(SC2CCCC2)c(C(=O)NC[C@@H](C)[S@](C)=O)c1. The molecule has 1 aromatic rings. The third-order valence-corrected chi connectivity index (χ3v) is 6.81. The van der Waals surface area contributed by atoms with Crippen LogP contribution in [0.2, 0.25) is 0 Å². The molecule has 1 aromatic carbocycles. The van der Waals surface area contributed by atoms with Gasteiger partial charge in [0.15, 0.2) is 0 Å². The first-order chi connectivity index (χ1) is 10.5. The molecule has 1 amide bonds. The van der Waals surface area contributed by atoms with Crippen LogP contribution in [-0.4, -0.2) is 33.4 Å². The normalized spacial score (nSPS) is 18.1. The highest BCUT2D eigenvalue weighted by molar-refractivity contribution is 8.00. The molecule has 122 valence electrons. The Labute approximate surface area is 140 Å². The molecule has 1 aliphatic carbocycles. The maximum Gasteiger partial charge on any atom is 0.252 e. The lowest BCUT2D eigenvalue weighted by atomic mass is 10.1. The van der Waals surface area contributed by atoms with Crippen molar-refractivity contribution in [2.24, 2.45) is 0 Å². The standard InChI is InChI=1S/C17H25NO2S2/c1-12-8-9-16(21-14-6-4-5-7-14)15(10-12)17(19)18-11-13(2)22(3)20/h8-10,13-14H,4-7,11H2,1-3H3,(H,18,19)/t13-,22+/m1/s1. The summed E-state index contributed by atoms with van der Waals surface area (Å²) in [5, 5.41) is 3.53. The molecule has 1 saturated carbocycles. The van der Waals surface area contributed by atoms with E-state index in [-0.39, 0.29) is 11.2 Å². The van der Waals surface area contributed by atoms with Crippen LogP contribution in [-0.2, 0) is 10.8 Å². The van der Waals surface area contributed by atoms with Gasteiger partial charge in [-0.3, -0.25) is 9.00 Å². The number of hydrogen-bond donors (Lipinski definition) is 1. The molecule has 0 aliphatic heterocycles. The van der Waals surface area contributed by atoms with Gasteiger partial charge in [0, 0.05) is 39.0 Å². The van der Waals surface area contributed by atoms with Crippen molar-refractivity contribution < 1.29 is 9.00 Å². The number of hydrogen-bond acceptors (Lipinski definition) is 3. The van der Waals surface area contributed by atoms with Crippen molar-refractivity contribution in [1.82, 2.24) is 5.32 Å². The molecule has 2 atom stereocenters. The summed E-state index contributed by atoms with van der Waals surface area (Å²) in [4.78, 5) is 13.6. The van der Waals surface area contributed by atoms with Crippen molar-refractivity contribution in [3.63, 3.8) is 0 Å². The average Bonchev–Trinajstić information content (AvgIpc) is 2.99. The van der Waals surface area contributed by atoms with Gasteiger partial charge in [0.2, 0.25) is 0 Å². The first-order valence-corrected chi connectivity index (χ1v) is 10.3. The number of amides is 1. The van der Waals surface area contributed by atoms with Gasteiger partial charge in [0.25, 0.3) is 5.91 Å². The number of benzene rings is 1. The lowest BCUT2D eigenvalue weighted by Gasteiger charge is -2.15. The van der Waals surface area contributed by atoms with E-state index < -0.39 is 10.8 Å². The Kier molecular flexibility index (Phi) is 6.50. The number of thioether (sulfide) groups is 1. The Morgan fingerprint density at radius 2 is 2.09 bits per heavy atom. The molecule has 2 rings (SSSR count). The van der Waals surface area contributed by atoms with Gasteiger partial charge >= 0.3 is 0 Å². The van der Waals surface area contributed by atoms with E-state index in [2.05, 4.69) is 17.4 Å². The van der Waals surface area contributed by atoms with E-state index in [1.165, 1.54) is 25.7 Å². The van der Waals surface area contributed by atoms with Gasteiger partial charge in [0.05, 0.1) is 5.56 Å². The summed E-state index contributed by atoms with van der Waals surface area (Å²) in [5.41, 5.74) is 1.85. The van der Waals surface area contributed by atoms with Crippen molar-refractivity contribution in [1.29, 1.82) is 0 Å². The quantitative estimate of drug-likeness (QED) is 0.862. The molecule has 0 spiro atoms. The minimum atomic E-state index is -0.917. The lowest BCUT2D eigenvalue weighted by molar-refractivity contribution is 0.0951. The van der Waals surface area contributed by atoms with Gasteiger partial charge in [-0.05, 0) is 38.8 Å². The van der Waals surface area contributed by atoms with Gasteiger partial charge in [-0.15, -0.1) is 11.8 Å². The first kappa shape index (κ1) is 17.5. The molecule has 3 nitrogen and oxygen atoms in total. The summed E-state index contributed by atoms with van der Waals surface area (Å²) in [6, 6.07) is 6.09. The van der Waals surface area contributed by atoms with E-state index in [9.17, 15) is 9.00 Å². The smallest absolute Gasteiger partial charge is 0.252 e. The summed E-state index contributed by atoms with van der Waals surface area (Å²) in [7, 11) is -0.917. The van der Waals surface area contributed by atoms with Crippen molar-refractivity contribution >= 4 is 28.5 Å². The Morgan fingerprint density at radius 1 is 1.41 bits per heavy atom. The number of rotatable bonds is 6. The van der Waals surface area contributed by atoms with Crippen LogP contribution in [0.1, 0.15) is 48.5 Å². The second-order valence-electron chi connectivity index (χ2n) is 6.04. The van der Waals surface area contributed by atoms with Crippen LogP contribution in [0.5, 0.6) is 0 Å². The fourth-order valence-electron chi connectivity index (χ4n) is 2.56. The molecule has 0 bridgehead atoms. The van der Waals surface area contributed by atoms with Crippen molar-refractivity contribution in [2.45, 2.75) is 54.9 Å². The highest BCUT2D eigenvalue weighted by atomic mass is 32.2. The average molecular weight is 340 g/mol. The Hall–Kier alpha value is -0.810. The maximum atomic E-state index is 12.5. The number of carbonyl (C=O) groups is 1. The molecule has 0 radical (unpaired) electrons. The van der Waals surface area contributed by atoms with Crippen LogP contribution >= 0.6 is 11.8 Å². The predicted molar refractivity (Wildman–Crippen MR) is 95.2 cm³/mol. The summed E-state index contributed by atoms with van der Waals surface area (Å²) in [5.74, 6) is -0.0542. The third-order valence-electron chi connectivity index (χ3n) is 4.09.